The van der Waals surface area contributed by atoms with Crippen LogP contribution in [-0.2, 0) is 11.2 Å². The second-order valence-corrected chi connectivity index (χ2v) is 7.13. The van der Waals surface area contributed by atoms with Crippen LogP contribution in [-0.4, -0.2) is 16.9 Å². The van der Waals surface area contributed by atoms with E-state index in [0.717, 1.165) is 34.9 Å². The van der Waals surface area contributed by atoms with E-state index in [1.807, 2.05) is 32.2 Å². The number of aromatic nitrogens is 1. The molecule has 142 valence electrons. The highest BCUT2D eigenvalue weighted by Crippen LogP contribution is 2.34. The number of hydrogen-bond acceptors (Lipinski definition) is 1. The first-order valence-electron chi connectivity index (χ1n) is 9.67. The average molecular weight is 366 g/mol. The third-order valence-corrected chi connectivity index (χ3v) is 5.25. The van der Waals surface area contributed by atoms with Crippen molar-refractivity contribution in [2.24, 2.45) is 0 Å². The molecule has 0 bridgehead atoms. The molecule has 0 saturated heterocycles. The van der Waals surface area contributed by atoms with Gasteiger partial charge in [-0.2, -0.15) is 0 Å². The standard InChI is InChI=1S/C23H27FN2O/c1-4-15(3)26-22(27)13-20(17-9-6-10-18(24)12-17)21-14-25-23-16(5-2)8-7-11-19(21)23/h6-12,14-15,20,25H,4-5,13H2,1-3H3,(H,26,27)/t15-,20+/m0/s1. The number of halogens is 1. The minimum Gasteiger partial charge on any atom is -0.361 e. The number of carbonyl (C=O) groups is 1. The smallest absolute Gasteiger partial charge is 0.221 e. The summed E-state index contributed by atoms with van der Waals surface area (Å²) in [7, 11) is 0. The highest BCUT2D eigenvalue weighted by atomic mass is 19.1. The van der Waals surface area contributed by atoms with Gasteiger partial charge in [-0.05, 0) is 48.6 Å². The first kappa shape index (κ1) is 19.2. The van der Waals surface area contributed by atoms with Gasteiger partial charge in [-0.25, -0.2) is 4.39 Å². The zero-order chi connectivity index (χ0) is 19.4. The van der Waals surface area contributed by atoms with Crippen molar-refractivity contribution in [2.45, 2.75) is 52.0 Å². The van der Waals surface area contributed by atoms with Crippen LogP contribution in [0.25, 0.3) is 10.9 Å². The Bertz CT molecular complexity index is 931. The van der Waals surface area contributed by atoms with Crippen molar-refractivity contribution in [1.82, 2.24) is 10.3 Å². The van der Waals surface area contributed by atoms with E-state index >= 15 is 0 Å². The Hall–Kier alpha value is -2.62. The summed E-state index contributed by atoms with van der Waals surface area (Å²) in [4.78, 5) is 16.0. The molecule has 0 aliphatic rings. The van der Waals surface area contributed by atoms with Crippen LogP contribution in [0.2, 0.25) is 0 Å². The van der Waals surface area contributed by atoms with E-state index in [4.69, 9.17) is 0 Å². The van der Waals surface area contributed by atoms with E-state index in [-0.39, 0.29) is 30.1 Å². The third-order valence-electron chi connectivity index (χ3n) is 5.25. The molecule has 0 saturated carbocycles. The molecule has 3 nitrogen and oxygen atoms in total. The topological polar surface area (TPSA) is 44.9 Å². The number of para-hydroxylation sites is 1. The third kappa shape index (κ3) is 4.21. The summed E-state index contributed by atoms with van der Waals surface area (Å²) in [5.74, 6) is -0.501. The molecule has 0 aliphatic carbocycles. The molecular formula is C23H27FN2O. The number of hydrogen-bond donors (Lipinski definition) is 2. The van der Waals surface area contributed by atoms with Gasteiger partial charge >= 0.3 is 0 Å². The minimum absolute atomic E-state index is 0.0143. The molecule has 0 radical (unpaired) electrons. The van der Waals surface area contributed by atoms with Gasteiger partial charge in [0.1, 0.15) is 5.82 Å². The number of carbonyl (C=O) groups excluding carboxylic acids is 1. The van der Waals surface area contributed by atoms with E-state index in [1.54, 1.807) is 6.07 Å². The van der Waals surface area contributed by atoms with Crippen LogP contribution in [0.1, 0.15) is 56.2 Å². The summed E-state index contributed by atoms with van der Waals surface area (Å²) in [6.45, 7) is 6.16. The van der Waals surface area contributed by atoms with Crippen molar-refractivity contribution >= 4 is 16.8 Å². The predicted octanol–water partition coefficient (Wildman–Crippen LogP) is 5.31. The molecule has 1 amide bonds. The second kappa shape index (κ2) is 8.38. The van der Waals surface area contributed by atoms with Crippen molar-refractivity contribution in [2.75, 3.05) is 0 Å². The van der Waals surface area contributed by atoms with Crippen LogP contribution in [0, 0.1) is 5.82 Å². The van der Waals surface area contributed by atoms with Gasteiger partial charge in [-0.1, -0.05) is 44.2 Å². The molecule has 27 heavy (non-hydrogen) atoms. The zero-order valence-corrected chi connectivity index (χ0v) is 16.2. The van der Waals surface area contributed by atoms with Gasteiger partial charge in [0.25, 0.3) is 0 Å². The highest BCUT2D eigenvalue weighted by Gasteiger charge is 2.23. The molecule has 2 aromatic carbocycles. The van der Waals surface area contributed by atoms with Crippen LogP contribution in [0.3, 0.4) is 0 Å². The van der Waals surface area contributed by atoms with Crippen LogP contribution in [0.15, 0.2) is 48.7 Å². The lowest BCUT2D eigenvalue weighted by Crippen LogP contribution is -2.33. The second-order valence-electron chi connectivity index (χ2n) is 7.13. The van der Waals surface area contributed by atoms with E-state index in [0.29, 0.717) is 0 Å². The Morgan fingerprint density at radius 3 is 2.67 bits per heavy atom. The summed E-state index contributed by atoms with van der Waals surface area (Å²) in [5.41, 5.74) is 4.18. The van der Waals surface area contributed by atoms with Gasteiger partial charge in [0.05, 0.1) is 0 Å². The van der Waals surface area contributed by atoms with Crippen LogP contribution < -0.4 is 5.32 Å². The van der Waals surface area contributed by atoms with Crippen molar-refractivity contribution in [1.29, 1.82) is 0 Å². The van der Waals surface area contributed by atoms with Gasteiger partial charge < -0.3 is 10.3 Å². The molecule has 2 N–H and O–H groups in total. The molecule has 1 aromatic heterocycles. The van der Waals surface area contributed by atoms with E-state index < -0.39 is 0 Å². The molecule has 1 heterocycles. The number of benzene rings is 2. The van der Waals surface area contributed by atoms with Crippen molar-refractivity contribution in [3.05, 3.63) is 71.2 Å². The number of H-pyrrole nitrogens is 1. The molecular weight excluding hydrogens is 339 g/mol. The van der Waals surface area contributed by atoms with E-state index in [9.17, 15) is 9.18 Å². The molecule has 3 rings (SSSR count). The SMILES string of the molecule is CCc1cccc2c([C@H](CC(=O)N[C@@H](C)CC)c3cccc(F)c3)c[nH]c12. The summed E-state index contributed by atoms with van der Waals surface area (Å²) in [6.07, 6.45) is 4.06. The Kier molecular flexibility index (Phi) is 5.94. The summed E-state index contributed by atoms with van der Waals surface area (Å²) in [5, 5.41) is 4.13. The quantitative estimate of drug-likeness (QED) is 0.585. The van der Waals surface area contributed by atoms with Crippen molar-refractivity contribution in [3.8, 4) is 0 Å². The summed E-state index contributed by atoms with van der Waals surface area (Å²) < 4.78 is 13.9. The fraction of sp³-hybridized carbons (Fsp3) is 0.348. The van der Waals surface area contributed by atoms with E-state index in [2.05, 4.69) is 29.4 Å². The van der Waals surface area contributed by atoms with E-state index in [1.165, 1.54) is 17.7 Å². The number of amides is 1. The summed E-state index contributed by atoms with van der Waals surface area (Å²) >= 11 is 0. The lowest BCUT2D eigenvalue weighted by atomic mass is 9.87. The van der Waals surface area contributed by atoms with Gasteiger partial charge in [0.15, 0.2) is 0 Å². The molecule has 0 unspecified atom stereocenters. The lowest BCUT2D eigenvalue weighted by molar-refractivity contribution is -0.121. The van der Waals surface area contributed by atoms with Gasteiger partial charge in [0, 0.05) is 35.5 Å². The largest absolute Gasteiger partial charge is 0.361 e. The zero-order valence-electron chi connectivity index (χ0n) is 16.2. The first-order chi connectivity index (χ1) is 13.0. The monoisotopic (exact) mass is 366 g/mol. The van der Waals surface area contributed by atoms with Crippen molar-refractivity contribution < 1.29 is 9.18 Å². The fourth-order valence-corrected chi connectivity index (χ4v) is 3.57. The lowest BCUT2D eigenvalue weighted by Gasteiger charge is -2.19. The van der Waals surface area contributed by atoms with Gasteiger partial charge in [0.2, 0.25) is 5.91 Å². The normalized spacial score (nSPS) is 13.5. The minimum atomic E-state index is -0.283. The number of nitrogens with one attached hydrogen (secondary N) is 2. The van der Waals surface area contributed by atoms with Crippen molar-refractivity contribution in [3.63, 3.8) is 0 Å². The maximum atomic E-state index is 13.9. The first-order valence-corrected chi connectivity index (χ1v) is 9.67. The maximum absolute atomic E-state index is 13.9. The number of aromatic amines is 1. The predicted molar refractivity (Wildman–Crippen MR) is 108 cm³/mol. The Morgan fingerprint density at radius 1 is 1.19 bits per heavy atom. The molecule has 2 atom stereocenters. The molecule has 4 heteroatoms. The average Bonchev–Trinajstić information content (AvgIpc) is 3.09. The highest BCUT2D eigenvalue weighted by molar-refractivity contribution is 5.88. The number of rotatable bonds is 7. The summed E-state index contributed by atoms with van der Waals surface area (Å²) in [6, 6.07) is 12.9. The van der Waals surface area contributed by atoms with Crippen LogP contribution in [0.5, 0.6) is 0 Å². The Labute approximate surface area is 160 Å². The molecule has 0 spiro atoms. The van der Waals surface area contributed by atoms with Gasteiger partial charge in [-0.3, -0.25) is 4.79 Å². The molecule has 3 aromatic rings. The molecule has 0 aliphatic heterocycles. The van der Waals surface area contributed by atoms with Gasteiger partial charge in [-0.15, -0.1) is 0 Å². The Balaban J connectivity index is 2.03. The molecule has 0 fully saturated rings. The van der Waals surface area contributed by atoms with Crippen LogP contribution in [0.4, 0.5) is 4.39 Å². The number of fused-ring (bicyclic) bond motifs is 1. The fourth-order valence-electron chi connectivity index (χ4n) is 3.57. The maximum Gasteiger partial charge on any atom is 0.221 e. The Morgan fingerprint density at radius 2 is 1.96 bits per heavy atom. The number of aryl methyl sites for hydroxylation is 1. The van der Waals surface area contributed by atoms with Crippen LogP contribution >= 0.6 is 0 Å².